The van der Waals surface area contributed by atoms with Gasteiger partial charge in [-0.1, -0.05) is 0 Å². The Bertz CT molecular complexity index is 825. The van der Waals surface area contributed by atoms with E-state index >= 15 is 0 Å². The number of halogens is 1. The molecule has 0 bridgehead atoms. The molecule has 8 heteroatoms. The van der Waals surface area contributed by atoms with Gasteiger partial charge in [-0.2, -0.15) is 0 Å². The molecule has 2 aliphatic rings. The van der Waals surface area contributed by atoms with Gasteiger partial charge in [-0.3, -0.25) is 4.79 Å². The quantitative estimate of drug-likeness (QED) is 0.790. The first-order valence-corrected chi connectivity index (χ1v) is 10.9. The highest BCUT2D eigenvalue weighted by molar-refractivity contribution is 7.18. The van der Waals surface area contributed by atoms with Crippen LogP contribution < -0.4 is 16.0 Å². The van der Waals surface area contributed by atoms with E-state index < -0.39 is 0 Å². The van der Waals surface area contributed by atoms with E-state index in [-0.39, 0.29) is 24.2 Å². The lowest BCUT2D eigenvalue weighted by atomic mass is 9.90. The number of hydrogen-bond acceptors (Lipinski definition) is 6. The van der Waals surface area contributed by atoms with Crippen molar-refractivity contribution < 1.29 is 4.79 Å². The zero-order valence-corrected chi connectivity index (χ0v) is 18.2. The van der Waals surface area contributed by atoms with Gasteiger partial charge in [-0.15, -0.1) is 23.7 Å². The van der Waals surface area contributed by atoms with Gasteiger partial charge in [0.1, 0.15) is 17.0 Å². The molecule has 2 aromatic heterocycles. The van der Waals surface area contributed by atoms with Gasteiger partial charge in [0, 0.05) is 36.0 Å². The van der Waals surface area contributed by atoms with Crippen LogP contribution in [0.15, 0.2) is 6.33 Å². The highest BCUT2D eigenvalue weighted by Gasteiger charge is 2.29. The second kappa shape index (κ2) is 8.93. The highest BCUT2D eigenvalue weighted by atomic mass is 35.5. The van der Waals surface area contributed by atoms with Crippen molar-refractivity contribution in [3.05, 3.63) is 16.8 Å². The Morgan fingerprint density at radius 1 is 1.14 bits per heavy atom. The van der Waals surface area contributed by atoms with Crippen LogP contribution in [0, 0.1) is 19.8 Å². The fourth-order valence-electron chi connectivity index (χ4n) is 4.34. The zero-order valence-electron chi connectivity index (χ0n) is 16.6. The molecule has 4 rings (SSSR count). The number of aromatic nitrogens is 2. The van der Waals surface area contributed by atoms with Crippen LogP contribution in [0.1, 0.15) is 49.0 Å². The molecule has 6 nitrogen and oxygen atoms in total. The van der Waals surface area contributed by atoms with E-state index in [0.717, 1.165) is 62.3 Å². The topological polar surface area (TPSA) is 84.1 Å². The smallest absolute Gasteiger partial charge is 0.223 e. The standard InChI is InChI=1S/C20H29N5OS.ClH/c1-12-13(2)27-20-17(12)18(22-11-23-20)25-9-7-14(8-10-25)19(26)24-16-5-3-15(21)4-6-16;/h11,14-16H,3-10,21H2,1-2H3,(H,24,26);1H. The average molecular weight is 424 g/mol. The average Bonchev–Trinajstić information content (AvgIpc) is 2.98. The van der Waals surface area contributed by atoms with Crippen LogP contribution in [0.3, 0.4) is 0 Å². The van der Waals surface area contributed by atoms with Gasteiger partial charge >= 0.3 is 0 Å². The first kappa shape index (κ1) is 21.3. The number of nitrogens with zero attached hydrogens (tertiary/aromatic N) is 3. The fraction of sp³-hybridized carbons (Fsp3) is 0.650. The van der Waals surface area contributed by atoms with E-state index in [0.29, 0.717) is 12.1 Å². The van der Waals surface area contributed by atoms with Crippen molar-refractivity contribution in [3.63, 3.8) is 0 Å². The van der Waals surface area contributed by atoms with Crippen LogP contribution in [-0.4, -0.2) is 41.0 Å². The Balaban J connectivity index is 0.00000225. The van der Waals surface area contributed by atoms with Gasteiger partial charge in [0.05, 0.1) is 5.39 Å². The first-order chi connectivity index (χ1) is 13.0. The molecule has 0 radical (unpaired) electrons. The SMILES string of the molecule is Cc1sc2ncnc(N3CCC(C(=O)NC4CCC(N)CC4)CC3)c2c1C.Cl. The molecule has 3 heterocycles. The van der Waals surface area contributed by atoms with Crippen LogP contribution >= 0.6 is 23.7 Å². The summed E-state index contributed by atoms with van der Waals surface area (Å²) >= 11 is 1.73. The number of thiophene rings is 1. The molecule has 0 atom stereocenters. The van der Waals surface area contributed by atoms with Crippen molar-refractivity contribution in [2.24, 2.45) is 11.7 Å². The maximum Gasteiger partial charge on any atom is 0.223 e. The molecule has 154 valence electrons. The van der Waals surface area contributed by atoms with Crippen molar-refractivity contribution in [3.8, 4) is 0 Å². The molecule has 1 amide bonds. The van der Waals surface area contributed by atoms with Crippen molar-refractivity contribution in [1.82, 2.24) is 15.3 Å². The zero-order chi connectivity index (χ0) is 19.0. The van der Waals surface area contributed by atoms with Crippen molar-refractivity contribution in [2.75, 3.05) is 18.0 Å². The minimum atomic E-state index is 0. The molecule has 1 saturated heterocycles. The lowest BCUT2D eigenvalue weighted by molar-refractivity contribution is -0.126. The molecule has 2 fully saturated rings. The highest BCUT2D eigenvalue weighted by Crippen LogP contribution is 2.35. The Hall–Kier alpha value is -1.44. The minimum absolute atomic E-state index is 0. The van der Waals surface area contributed by atoms with Gasteiger partial charge in [0.15, 0.2) is 0 Å². The number of nitrogens with one attached hydrogen (secondary N) is 1. The summed E-state index contributed by atoms with van der Waals surface area (Å²) in [4.78, 5) is 26.4. The van der Waals surface area contributed by atoms with Gasteiger partial charge in [-0.05, 0) is 57.9 Å². The van der Waals surface area contributed by atoms with E-state index in [2.05, 4.69) is 34.0 Å². The lowest BCUT2D eigenvalue weighted by Gasteiger charge is -2.34. The predicted octanol–water partition coefficient (Wildman–Crippen LogP) is 3.33. The van der Waals surface area contributed by atoms with E-state index in [1.807, 2.05) is 0 Å². The molecule has 0 unspecified atom stereocenters. The number of carbonyl (C=O) groups excluding carboxylic acids is 1. The van der Waals surface area contributed by atoms with Gasteiger partial charge in [0.25, 0.3) is 0 Å². The number of amides is 1. The first-order valence-electron chi connectivity index (χ1n) is 10.0. The summed E-state index contributed by atoms with van der Waals surface area (Å²) in [5, 5.41) is 4.45. The molecule has 0 aromatic carbocycles. The normalized spacial score (nSPS) is 23.5. The molecule has 1 aliphatic heterocycles. The third kappa shape index (κ3) is 4.26. The molecule has 1 saturated carbocycles. The monoisotopic (exact) mass is 423 g/mol. The van der Waals surface area contributed by atoms with Crippen molar-refractivity contribution in [2.45, 2.75) is 64.5 Å². The maximum absolute atomic E-state index is 12.7. The Labute approximate surface area is 176 Å². The third-order valence-corrected chi connectivity index (χ3v) is 7.34. The number of aryl methyl sites for hydroxylation is 2. The summed E-state index contributed by atoms with van der Waals surface area (Å²) in [7, 11) is 0. The number of nitrogens with two attached hydrogens (primary N) is 1. The number of fused-ring (bicyclic) bond motifs is 1. The summed E-state index contributed by atoms with van der Waals surface area (Å²) in [6, 6.07) is 0.628. The largest absolute Gasteiger partial charge is 0.356 e. The third-order valence-electron chi connectivity index (χ3n) is 6.23. The van der Waals surface area contributed by atoms with Crippen LogP contribution in [-0.2, 0) is 4.79 Å². The second-order valence-electron chi connectivity index (χ2n) is 8.04. The minimum Gasteiger partial charge on any atom is -0.356 e. The molecule has 3 N–H and O–H groups in total. The Morgan fingerprint density at radius 2 is 1.82 bits per heavy atom. The summed E-state index contributed by atoms with van der Waals surface area (Å²) in [5.41, 5.74) is 7.24. The summed E-state index contributed by atoms with van der Waals surface area (Å²) in [5.74, 6) is 1.37. The molecule has 1 aliphatic carbocycles. The van der Waals surface area contributed by atoms with E-state index in [9.17, 15) is 4.79 Å². The molecule has 0 spiro atoms. The van der Waals surface area contributed by atoms with Crippen LogP contribution in [0.5, 0.6) is 0 Å². The summed E-state index contributed by atoms with van der Waals surface area (Å²) in [6.07, 6.45) is 7.50. The van der Waals surface area contributed by atoms with E-state index in [1.165, 1.54) is 15.8 Å². The van der Waals surface area contributed by atoms with E-state index in [1.54, 1.807) is 17.7 Å². The van der Waals surface area contributed by atoms with Crippen molar-refractivity contribution >= 4 is 45.7 Å². The number of anilines is 1. The van der Waals surface area contributed by atoms with Gasteiger partial charge in [0.2, 0.25) is 5.91 Å². The Kier molecular flexibility index (Phi) is 6.78. The molecular weight excluding hydrogens is 394 g/mol. The number of rotatable bonds is 3. The Morgan fingerprint density at radius 3 is 2.50 bits per heavy atom. The van der Waals surface area contributed by atoms with E-state index in [4.69, 9.17) is 5.73 Å². The van der Waals surface area contributed by atoms with Crippen molar-refractivity contribution in [1.29, 1.82) is 0 Å². The predicted molar refractivity (Wildman–Crippen MR) is 117 cm³/mol. The molecule has 28 heavy (non-hydrogen) atoms. The molecule has 2 aromatic rings. The molecular formula is C20H30ClN5OS. The maximum atomic E-state index is 12.7. The number of carbonyl (C=O) groups is 1. The lowest BCUT2D eigenvalue weighted by Crippen LogP contribution is -2.46. The summed E-state index contributed by atoms with van der Waals surface area (Å²) < 4.78 is 0. The van der Waals surface area contributed by atoms with Crippen LogP contribution in [0.2, 0.25) is 0 Å². The van der Waals surface area contributed by atoms with Crippen LogP contribution in [0.25, 0.3) is 10.2 Å². The van der Waals surface area contributed by atoms with Gasteiger partial charge in [-0.25, -0.2) is 9.97 Å². The van der Waals surface area contributed by atoms with Crippen LogP contribution in [0.4, 0.5) is 5.82 Å². The number of hydrogen-bond donors (Lipinski definition) is 2. The number of piperidine rings is 1. The summed E-state index contributed by atoms with van der Waals surface area (Å²) in [6.45, 7) is 6.03. The van der Waals surface area contributed by atoms with Gasteiger partial charge < -0.3 is 16.0 Å². The second-order valence-corrected chi connectivity index (χ2v) is 9.25. The fourth-order valence-corrected chi connectivity index (χ4v) is 5.33.